The highest BCUT2D eigenvalue weighted by molar-refractivity contribution is 6.51. The number of benzene rings is 3. The van der Waals surface area contributed by atoms with Gasteiger partial charge in [0.05, 0.1) is 30.9 Å². The smallest absolute Gasteiger partial charge is 0.300 e. The zero-order valence-corrected chi connectivity index (χ0v) is 19.8. The van der Waals surface area contributed by atoms with Crippen LogP contribution >= 0.6 is 11.6 Å². The van der Waals surface area contributed by atoms with E-state index in [4.69, 9.17) is 21.1 Å². The first-order chi connectivity index (χ1) is 16.4. The molecule has 0 saturated carbocycles. The fourth-order valence-corrected chi connectivity index (χ4v) is 4.35. The third kappa shape index (κ3) is 4.13. The predicted octanol–water partition coefficient (Wildman–Crippen LogP) is 5.68. The van der Waals surface area contributed by atoms with Gasteiger partial charge >= 0.3 is 0 Å². The summed E-state index contributed by atoms with van der Waals surface area (Å²) in [6, 6.07) is 18.3. The van der Waals surface area contributed by atoms with Gasteiger partial charge in [0.2, 0.25) is 0 Å². The van der Waals surface area contributed by atoms with Crippen LogP contribution in [0.15, 0.2) is 72.3 Å². The van der Waals surface area contributed by atoms with Crippen molar-refractivity contribution in [3.63, 3.8) is 0 Å². The second-order valence-corrected chi connectivity index (χ2v) is 8.24. The highest BCUT2D eigenvalue weighted by Gasteiger charge is 2.47. The lowest BCUT2D eigenvalue weighted by atomic mass is 9.94. The number of ketones is 1. The van der Waals surface area contributed by atoms with Gasteiger partial charge in [0, 0.05) is 10.7 Å². The van der Waals surface area contributed by atoms with Crippen LogP contribution in [-0.4, -0.2) is 30.5 Å². The topological polar surface area (TPSA) is 76.1 Å². The summed E-state index contributed by atoms with van der Waals surface area (Å²) in [4.78, 5) is 28.2. The number of ether oxygens (including phenoxy) is 2. The molecule has 4 rings (SSSR count). The molecule has 174 valence electrons. The number of para-hydroxylation sites is 1. The number of methoxy groups -OCH3 is 1. The van der Waals surface area contributed by atoms with E-state index < -0.39 is 17.7 Å². The van der Waals surface area contributed by atoms with Crippen LogP contribution in [0.1, 0.15) is 29.7 Å². The number of amides is 1. The van der Waals surface area contributed by atoms with Gasteiger partial charge in [0.15, 0.2) is 0 Å². The van der Waals surface area contributed by atoms with Crippen LogP contribution in [0.4, 0.5) is 5.69 Å². The van der Waals surface area contributed by atoms with Crippen molar-refractivity contribution in [2.45, 2.75) is 19.9 Å². The quantitative estimate of drug-likeness (QED) is 0.281. The van der Waals surface area contributed by atoms with Crippen LogP contribution in [0.25, 0.3) is 5.76 Å². The number of hydrogen-bond acceptors (Lipinski definition) is 5. The average molecular weight is 478 g/mol. The number of aliphatic hydroxyl groups is 1. The highest BCUT2D eigenvalue weighted by atomic mass is 35.5. The lowest BCUT2D eigenvalue weighted by molar-refractivity contribution is -0.132. The van der Waals surface area contributed by atoms with Gasteiger partial charge in [0.25, 0.3) is 11.7 Å². The molecule has 34 heavy (non-hydrogen) atoms. The van der Waals surface area contributed by atoms with Crippen molar-refractivity contribution in [1.82, 2.24) is 0 Å². The second-order valence-electron chi connectivity index (χ2n) is 7.81. The molecule has 0 aromatic heterocycles. The zero-order chi connectivity index (χ0) is 24.4. The Kier molecular flexibility index (Phi) is 6.61. The maximum atomic E-state index is 13.4. The molecule has 1 amide bonds. The molecule has 1 unspecified atom stereocenters. The van der Waals surface area contributed by atoms with Crippen molar-refractivity contribution in [3.05, 3.63) is 94.0 Å². The molecule has 1 N–H and O–H groups in total. The molecular formula is C27H24ClNO5. The molecular weight excluding hydrogens is 454 g/mol. The number of aliphatic hydroxyl groups excluding tert-OH is 1. The molecule has 1 fully saturated rings. The summed E-state index contributed by atoms with van der Waals surface area (Å²) in [6.45, 7) is 4.20. The molecule has 0 radical (unpaired) electrons. The Hall–Kier alpha value is -3.77. The first-order valence-corrected chi connectivity index (χ1v) is 11.2. The molecule has 1 aliphatic heterocycles. The average Bonchev–Trinajstić information content (AvgIpc) is 3.09. The summed E-state index contributed by atoms with van der Waals surface area (Å²) in [6.07, 6.45) is 0. The van der Waals surface area contributed by atoms with E-state index in [1.165, 1.54) is 18.1 Å². The summed E-state index contributed by atoms with van der Waals surface area (Å²) in [5.74, 6) is -0.972. The first-order valence-electron chi connectivity index (χ1n) is 10.8. The van der Waals surface area contributed by atoms with E-state index >= 15 is 0 Å². The number of carbonyl (C=O) groups is 2. The minimum Gasteiger partial charge on any atom is -0.507 e. The van der Waals surface area contributed by atoms with E-state index in [2.05, 4.69) is 0 Å². The van der Waals surface area contributed by atoms with Crippen molar-refractivity contribution in [3.8, 4) is 11.5 Å². The van der Waals surface area contributed by atoms with E-state index in [9.17, 15) is 14.7 Å². The zero-order valence-electron chi connectivity index (χ0n) is 19.0. The lowest BCUT2D eigenvalue weighted by Crippen LogP contribution is -2.30. The number of rotatable bonds is 6. The van der Waals surface area contributed by atoms with Crippen molar-refractivity contribution in [2.75, 3.05) is 18.6 Å². The monoisotopic (exact) mass is 477 g/mol. The molecule has 1 heterocycles. The molecule has 6 nitrogen and oxygen atoms in total. The molecule has 1 atom stereocenters. The minimum atomic E-state index is -0.884. The van der Waals surface area contributed by atoms with Gasteiger partial charge in [-0.15, -0.1) is 0 Å². The molecule has 1 aliphatic rings. The van der Waals surface area contributed by atoms with Crippen LogP contribution < -0.4 is 14.4 Å². The molecule has 3 aromatic carbocycles. The van der Waals surface area contributed by atoms with E-state index in [0.717, 1.165) is 5.56 Å². The van der Waals surface area contributed by atoms with Crippen molar-refractivity contribution >= 4 is 34.7 Å². The summed E-state index contributed by atoms with van der Waals surface area (Å²) in [7, 11) is 1.45. The Morgan fingerprint density at radius 2 is 1.82 bits per heavy atom. The van der Waals surface area contributed by atoms with Crippen LogP contribution in [-0.2, 0) is 9.59 Å². The molecule has 1 saturated heterocycles. The van der Waals surface area contributed by atoms with E-state index in [1.807, 2.05) is 26.0 Å². The first kappa shape index (κ1) is 23.4. The Morgan fingerprint density at radius 3 is 2.53 bits per heavy atom. The van der Waals surface area contributed by atoms with E-state index in [1.54, 1.807) is 48.5 Å². The highest BCUT2D eigenvalue weighted by Crippen LogP contribution is 2.44. The van der Waals surface area contributed by atoms with Gasteiger partial charge in [-0.25, -0.2) is 0 Å². The van der Waals surface area contributed by atoms with Gasteiger partial charge in [-0.2, -0.15) is 0 Å². The van der Waals surface area contributed by atoms with Crippen molar-refractivity contribution in [2.24, 2.45) is 0 Å². The van der Waals surface area contributed by atoms with Gasteiger partial charge in [-0.05, 0) is 61.4 Å². The number of carbonyl (C=O) groups excluding carboxylic acids is 2. The third-order valence-electron chi connectivity index (χ3n) is 5.72. The molecule has 7 heteroatoms. The number of hydrogen-bond donors (Lipinski definition) is 1. The Labute approximate surface area is 203 Å². The van der Waals surface area contributed by atoms with Crippen molar-refractivity contribution in [1.29, 1.82) is 0 Å². The van der Waals surface area contributed by atoms with E-state index in [-0.39, 0.29) is 16.9 Å². The van der Waals surface area contributed by atoms with Crippen LogP contribution in [0.5, 0.6) is 11.5 Å². The normalized spacial score (nSPS) is 17.2. The maximum Gasteiger partial charge on any atom is 0.300 e. The summed E-state index contributed by atoms with van der Waals surface area (Å²) in [5, 5.41) is 11.7. The summed E-state index contributed by atoms with van der Waals surface area (Å²) >= 11 is 6.18. The number of halogens is 1. The maximum absolute atomic E-state index is 13.4. The number of aryl methyl sites for hydroxylation is 1. The molecule has 3 aromatic rings. The van der Waals surface area contributed by atoms with Crippen LogP contribution in [0.3, 0.4) is 0 Å². The Bertz CT molecular complexity index is 1300. The Morgan fingerprint density at radius 1 is 1.06 bits per heavy atom. The van der Waals surface area contributed by atoms with Gasteiger partial charge in [-0.3, -0.25) is 14.5 Å². The van der Waals surface area contributed by atoms with Gasteiger partial charge in [0.1, 0.15) is 17.3 Å². The summed E-state index contributed by atoms with van der Waals surface area (Å²) in [5.41, 5.74) is 2.19. The summed E-state index contributed by atoms with van der Waals surface area (Å²) < 4.78 is 11.0. The van der Waals surface area contributed by atoms with Crippen LogP contribution in [0, 0.1) is 6.92 Å². The standard InChI is InChI=1S/C27H24ClNO5/c1-4-34-19-10-7-9-17(14-19)24-23(25(30)20-15-18(28)12-13-22(20)33-3)26(31)27(32)29(24)21-11-6-5-8-16(21)2/h5-15,24,30H,4H2,1-3H3/b25-23+. The minimum absolute atomic E-state index is 0.0533. The largest absolute Gasteiger partial charge is 0.507 e. The van der Waals surface area contributed by atoms with Crippen LogP contribution in [0.2, 0.25) is 5.02 Å². The second kappa shape index (κ2) is 9.61. The van der Waals surface area contributed by atoms with E-state index in [0.29, 0.717) is 34.4 Å². The number of anilines is 1. The number of nitrogens with zero attached hydrogens (tertiary/aromatic N) is 1. The third-order valence-corrected chi connectivity index (χ3v) is 5.96. The molecule has 0 bridgehead atoms. The fourth-order valence-electron chi connectivity index (χ4n) is 4.18. The fraction of sp³-hybridized carbons (Fsp3) is 0.185. The number of Topliss-reactive ketones (excluding diaryl/α,β-unsaturated/α-hetero) is 1. The SMILES string of the molecule is CCOc1cccc(C2/C(=C(\O)c3cc(Cl)ccc3OC)C(=O)C(=O)N2c2ccccc2C)c1. The lowest BCUT2D eigenvalue weighted by Gasteiger charge is -2.27. The molecule has 0 aliphatic carbocycles. The Balaban J connectivity index is 2.00. The van der Waals surface area contributed by atoms with Crippen molar-refractivity contribution < 1.29 is 24.2 Å². The van der Waals surface area contributed by atoms with Gasteiger partial charge in [-0.1, -0.05) is 41.9 Å². The predicted molar refractivity (Wildman–Crippen MR) is 132 cm³/mol. The molecule has 0 spiro atoms. The van der Waals surface area contributed by atoms with Gasteiger partial charge < -0.3 is 14.6 Å².